The summed E-state index contributed by atoms with van der Waals surface area (Å²) in [6.07, 6.45) is -6.98. The van der Waals surface area contributed by atoms with Crippen LogP contribution in [0.3, 0.4) is 0 Å². The molecule has 0 aromatic heterocycles. The number of aliphatic hydroxyl groups excluding tert-OH is 5. The number of ether oxygens (including phenoxy) is 2. The van der Waals surface area contributed by atoms with Crippen molar-refractivity contribution in [2.24, 2.45) is 5.92 Å². The summed E-state index contributed by atoms with van der Waals surface area (Å²) in [5, 5.41) is 50.8. The van der Waals surface area contributed by atoms with Crippen LogP contribution in [0.25, 0.3) is 0 Å². The van der Waals surface area contributed by atoms with Crippen LogP contribution in [-0.2, 0) is 20.7 Å². The lowest BCUT2D eigenvalue weighted by Crippen LogP contribution is -2.60. The highest BCUT2D eigenvalue weighted by molar-refractivity contribution is 6.72. The molecular formula is C23H36FNO8Si. The molecule has 2 fully saturated rings. The first-order valence-corrected chi connectivity index (χ1v) is 14.6. The normalized spacial score (nSPS) is 36.4. The summed E-state index contributed by atoms with van der Waals surface area (Å²) < 4.78 is 26.0. The van der Waals surface area contributed by atoms with Crippen molar-refractivity contribution in [1.82, 2.24) is 0 Å². The van der Waals surface area contributed by atoms with E-state index in [-0.39, 0.29) is 30.3 Å². The Kier molecular flexibility index (Phi) is 8.85. The Labute approximate surface area is 199 Å². The number of hydrogen-bond acceptors (Lipinski definition) is 8. The van der Waals surface area contributed by atoms with Crippen molar-refractivity contribution < 1.29 is 43.9 Å². The Hall–Kier alpha value is -1.44. The smallest absolute Gasteiger partial charge is 0.256 e. The standard InChI is InChI=1S/C23H36FNO8Si/c1-12-15(32-16(10-11-26)21(12)34(2,3)24)9-6-13-4-7-14(8-5-13)25-22(30)20-18(28)17(27)19(29)23(31)33-20/h4-5,7-8,12,15-21,23,26-29,31H,6,9-11H2,1-3H3,(H,25,30)/t12-,15+,16-,17+,18+,19-,20+,21+,23-/m1/s1. The minimum Gasteiger partial charge on any atom is -0.396 e. The van der Waals surface area contributed by atoms with Gasteiger partial charge in [0.1, 0.15) is 18.3 Å². The Balaban J connectivity index is 1.55. The van der Waals surface area contributed by atoms with Crippen molar-refractivity contribution in [1.29, 1.82) is 0 Å². The topological polar surface area (TPSA) is 149 Å². The van der Waals surface area contributed by atoms with Crippen LogP contribution in [0.1, 0.15) is 25.3 Å². The van der Waals surface area contributed by atoms with E-state index in [1.54, 1.807) is 25.2 Å². The monoisotopic (exact) mass is 501 g/mol. The van der Waals surface area contributed by atoms with Crippen LogP contribution in [0.2, 0.25) is 18.6 Å². The molecule has 192 valence electrons. The summed E-state index contributed by atoms with van der Waals surface area (Å²) in [7, 11) is -2.94. The molecule has 2 aliphatic rings. The van der Waals surface area contributed by atoms with Crippen LogP contribution in [0.5, 0.6) is 0 Å². The lowest BCUT2D eigenvalue weighted by molar-refractivity contribution is -0.274. The van der Waals surface area contributed by atoms with Crippen LogP contribution in [-0.4, -0.2) is 89.4 Å². The van der Waals surface area contributed by atoms with Gasteiger partial charge in [-0.25, -0.2) is 0 Å². The van der Waals surface area contributed by atoms with E-state index in [2.05, 4.69) is 5.32 Å². The highest BCUT2D eigenvalue weighted by atomic mass is 28.4. The second-order valence-electron chi connectivity index (χ2n) is 9.82. The van der Waals surface area contributed by atoms with Gasteiger partial charge in [0.25, 0.3) is 5.91 Å². The van der Waals surface area contributed by atoms with Crippen molar-refractivity contribution in [2.45, 2.75) is 87.7 Å². The molecule has 2 heterocycles. The van der Waals surface area contributed by atoms with Crippen molar-refractivity contribution >= 4 is 20.0 Å². The highest BCUT2D eigenvalue weighted by Gasteiger charge is 2.50. The van der Waals surface area contributed by atoms with Gasteiger partial charge in [0.05, 0.1) is 12.2 Å². The van der Waals surface area contributed by atoms with Gasteiger partial charge in [0, 0.05) is 17.8 Å². The molecule has 9 nitrogen and oxygen atoms in total. The molecule has 0 aliphatic carbocycles. The summed E-state index contributed by atoms with van der Waals surface area (Å²) in [6.45, 7) is 5.38. The minimum absolute atomic E-state index is 0.0281. The van der Waals surface area contributed by atoms with E-state index in [1.165, 1.54) is 0 Å². The van der Waals surface area contributed by atoms with Gasteiger partial charge in [-0.1, -0.05) is 19.1 Å². The van der Waals surface area contributed by atoms with Crippen molar-refractivity contribution in [3.8, 4) is 0 Å². The van der Waals surface area contributed by atoms with Crippen molar-refractivity contribution in [3.63, 3.8) is 0 Å². The molecule has 3 rings (SSSR count). The predicted octanol–water partition coefficient (Wildman–Crippen LogP) is 0.688. The molecule has 34 heavy (non-hydrogen) atoms. The Bertz CT molecular complexity index is 822. The molecule has 1 aromatic carbocycles. The molecule has 0 bridgehead atoms. The average molecular weight is 502 g/mol. The second-order valence-corrected chi connectivity index (χ2v) is 13.6. The minimum atomic E-state index is -2.94. The first-order chi connectivity index (χ1) is 15.9. The number of aliphatic hydroxyl groups is 5. The Morgan fingerprint density at radius 2 is 1.65 bits per heavy atom. The number of anilines is 1. The van der Waals surface area contributed by atoms with Gasteiger partial charge < -0.3 is 44.4 Å². The fraction of sp³-hybridized carbons (Fsp3) is 0.696. The van der Waals surface area contributed by atoms with E-state index >= 15 is 0 Å². The van der Waals surface area contributed by atoms with E-state index in [0.717, 1.165) is 5.56 Å². The SMILES string of the molecule is C[C@H]1[C@H]([Si](C)(C)F)[C@@H](CCO)O[C@H]1CCc1ccc(NC(=O)[C@H]2O[C@@H](O)[C@H](O)[C@@H](O)[C@@H]2O)cc1. The first-order valence-electron chi connectivity index (χ1n) is 11.7. The molecule has 0 spiro atoms. The fourth-order valence-electron chi connectivity index (χ4n) is 5.13. The average Bonchev–Trinajstić information content (AvgIpc) is 3.09. The van der Waals surface area contributed by atoms with Gasteiger partial charge in [-0.2, -0.15) is 0 Å². The quantitative estimate of drug-likeness (QED) is 0.225. The van der Waals surface area contributed by atoms with Crippen LogP contribution < -0.4 is 5.32 Å². The van der Waals surface area contributed by atoms with Crippen LogP contribution in [0.4, 0.5) is 9.80 Å². The molecule has 9 atom stereocenters. The number of rotatable bonds is 8. The first kappa shape index (κ1) is 27.1. The van der Waals surface area contributed by atoms with Gasteiger partial charge in [0.2, 0.25) is 8.41 Å². The van der Waals surface area contributed by atoms with Crippen LogP contribution in [0, 0.1) is 5.92 Å². The number of carbonyl (C=O) groups excluding carboxylic acids is 1. The molecule has 1 amide bonds. The zero-order valence-corrected chi connectivity index (χ0v) is 20.7. The van der Waals surface area contributed by atoms with Gasteiger partial charge >= 0.3 is 0 Å². The number of halogens is 1. The molecular weight excluding hydrogens is 465 g/mol. The number of benzene rings is 1. The van der Waals surface area contributed by atoms with Gasteiger partial charge in [-0.15, -0.1) is 0 Å². The van der Waals surface area contributed by atoms with Crippen molar-refractivity contribution in [2.75, 3.05) is 11.9 Å². The van der Waals surface area contributed by atoms with Crippen LogP contribution >= 0.6 is 0 Å². The summed E-state index contributed by atoms with van der Waals surface area (Å²) in [4.78, 5) is 12.4. The lowest BCUT2D eigenvalue weighted by atomic mass is 9.95. The van der Waals surface area contributed by atoms with Gasteiger partial charge in [-0.05, 0) is 56.0 Å². The molecule has 0 unspecified atom stereocenters. The van der Waals surface area contributed by atoms with E-state index in [4.69, 9.17) is 9.47 Å². The van der Waals surface area contributed by atoms with Crippen LogP contribution in [0.15, 0.2) is 24.3 Å². The summed E-state index contributed by atoms with van der Waals surface area (Å²) in [5.74, 6) is -0.703. The number of carbonyl (C=O) groups is 1. The fourth-order valence-corrected chi connectivity index (χ4v) is 7.73. The third-order valence-corrected chi connectivity index (χ3v) is 9.38. The number of amides is 1. The molecule has 0 saturated carbocycles. The van der Waals surface area contributed by atoms with E-state index < -0.39 is 45.0 Å². The molecule has 2 saturated heterocycles. The molecule has 1 aromatic rings. The van der Waals surface area contributed by atoms with E-state index in [1.807, 2.05) is 19.1 Å². The third kappa shape index (κ3) is 6.03. The number of hydrogen-bond donors (Lipinski definition) is 6. The number of nitrogens with one attached hydrogen (secondary N) is 1. The van der Waals surface area contributed by atoms with Gasteiger partial charge in [0.15, 0.2) is 12.4 Å². The summed E-state index contributed by atoms with van der Waals surface area (Å²) in [6, 6.07) is 7.02. The molecule has 0 radical (unpaired) electrons. The maximum Gasteiger partial charge on any atom is 0.256 e. The second kappa shape index (κ2) is 11.1. The maximum atomic E-state index is 14.9. The van der Waals surface area contributed by atoms with E-state index in [9.17, 15) is 34.4 Å². The van der Waals surface area contributed by atoms with Gasteiger partial charge in [-0.3, -0.25) is 4.79 Å². The Morgan fingerprint density at radius 3 is 2.24 bits per heavy atom. The Morgan fingerprint density at radius 1 is 1.00 bits per heavy atom. The predicted molar refractivity (Wildman–Crippen MR) is 124 cm³/mol. The zero-order chi connectivity index (χ0) is 25.2. The maximum absolute atomic E-state index is 14.9. The molecule has 2 aliphatic heterocycles. The largest absolute Gasteiger partial charge is 0.396 e. The number of aryl methyl sites for hydroxylation is 1. The lowest BCUT2D eigenvalue weighted by Gasteiger charge is -2.37. The summed E-state index contributed by atoms with van der Waals surface area (Å²) in [5.41, 5.74) is 1.27. The highest BCUT2D eigenvalue weighted by Crippen LogP contribution is 2.46. The zero-order valence-electron chi connectivity index (χ0n) is 19.7. The third-order valence-electron chi connectivity index (χ3n) is 6.89. The molecule has 6 N–H and O–H groups in total. The van der Waals surface area contributed by atoms with Crippen molar-refractivity contribution in [3.05, 3.63) is 29.8 Å². The molecule has 11 heteroatoms. The van der Waals surface area contributed by atoms with E-state index in [0.29, 0.717) is 24.9 Å². The summed E-state index contributed by atoms with van der Waals surface area (Å²) >= 11 is 0.